The number of hydrogen-bond acceptors (Lipinski definition) is 3. The summed E-state index contributed by atoms with van der Waals surface area (Å²) in [6.07, 6.45) is 2.32. The monoisotopic (exact) mass is 327 g/mol. The average Bonchev–Trinajstić information content (AvgIpc) is 3.13. The molecule has 1 aromatic heterocycles. The second-order valence-electron chi connectivity index (χ2n) is 4.26. The molecule has 0 atom stereocenters. The van der Waals surface area contributed by atoms with Crippen molar-refractivity contribution in [1.82, 2.24) is 14.8 Å². The number of halogens is 2. The van der Waals surface area contributed by atoms with Crippen molar-refractivity contribution in [3.8, 4) is 11.4 Å². The van der Waals surface area contributed by atoms with Crippen molar-refractivity contribution in [2.24, 2.45) is 0 Å². The molecule has 1 aliphatic carbocycles. The fourth-order valence-electron chi connectivity index (χ4n) is 1.92. The Morgan fingerprint density at radius 1 is 1.39 bits per heavy atom. The molecule has 1 saturated carbocycles. The number of methoxy groups -OCH3 is 1. The van der Waals surface area contributed by atoms with Gasteiger partial charge in [0, 0.05) is 5.92 Å². The number of nitrogens with zero attached hydrogens (tertiary/aromatic N) is 3. The van der Waals surface area contributed by atoms with Crippen molar-refractivity contribution in [1.29, 1.82) is 0 Å². The summed E-state index contributed by atoms with van der Waals surface area (Å²) >= 11 is 9.59. The van der Waals surface area contributed by atoms with Gasteiger partial charge in [0.05, 0.1) is 17.3 Å². The topological polar surface area (TPSA) is 39.9 Å². The molecule has 4 nitrogen and oxygen atoms in total. The second kappa shape index (κ2) is 4.55. The van der Waals surface area contributed by atoms with Gasteiger partial charge >= 0.3 is 0 Å². The summed E-state index contributed by atoms with van der Waals surface area (Å²) in [6.45, 7) is 0. The van der Waals surface area contributed by atoms with Gasteiger partial charge in [0.1, 0.15) is 11.6 Å². The van der Waals surface area contributed by atoms with Gasteiger partial charge in [0.25, 0.3) is 0 Å². The predicted molar refractivity (Wildman–Crippen MR) is 72.6 cm³/mol. The fourth-order valence-corrected chi connectivity index (χ4v) is 2.67. The van der Waals surface area contributed by atoms with Crippen LogP contribution in [0.2, 0.25) is 5.28 Å². The van der Waals surface area contributed by atoms with E-state index < -0.39 is 0 Å². The molecular formula is C12H11BrClN3O. The first kappa shape index (κ1) is 12.0. The summed E-state index contributed by atoms with van der Waals surface area (Å²) in [7, 11) is 1.64. The maximum Gasteiger partial charge on any atom is 0.229 e. The Hall–Kier alpha value is -1.07. The van der Waals surface area contributed by atoms with Crippen LogP contribution in [0.5, 0.6) is 5.75 Å². The van der Waals surface area contributed by atoms with Gasteiger partial charge in [0.2, 0.25) is 5.28 Å². The summed E-state index contributed by atoms with van der Waals surface area (Å²) in [4.78, 5) is 0. The largest absolute Gasteiger partial charge is 0.496 e. The quantitative estimate of drug-likeness (QED) is 0.865. The van der Waals surface area contributed by atoms with Crippen LogP contribution in [0.4, 0.5) is 0 Å². The molecule has 0 unspecified atom stereocenters. The van der Waals surface area contributed by atoms with Gasteiger partial charge in [-0.05, 0) is 58.6 Å². The van der Waals surface area contributed by atoms with E-state index >= 15 is 0 Å². The third kappa shape index (κ3) is 2.01. The van der Waals surface area contributed by atoms with Crippen molar-refractivity contribution >= 4 is 27.5 Å². The first-order chi connectivity index (χ1) is 8.70. The van der Waals surface area contributed by atoms with Crippen LogP contribution in [0.1, 0.15) is 24.6 Å². The number of ether oxygens (including phenoxy) is 1. The lowest BCUT2D eigenvalue weighted by Gasteiger charge is -2.09. The minimum absolute atomic E-state index is 0.397. The van der Waals surface area contributed by atoms with E-state index in [1.54, 1.807) is 7.11 Å². The third-order valence-corrected chi connectivity index (χ3v) is 3.85. The molecule has 3 rings (SSSR count). The van der Waals surface area contributed by atoms with Gasteiger partial charge in [-0.3, -0.25) is 4.57 Å². The predicted octanol–water partition coefficient (Wildman–Crippen LogP) is 3.57. The maximum absolute atomic E-state index is 6.12. The molecule has 94 valence electrons. The molecule has 0 amide bonds. The molecule has 18 heavy (non-hydrogen) atoms. The minimum Gasteiger partial charge on any atom is -0.496 e. The van der Waals surface area contributed by atoms with Gasteiger partial charge < -0.3 is 4.74 Å². The van der Waals surface area contributed by atoms with Crippen LogP contribution < -0.4 is 4.74 Å². The lowest BCUT2D eigenvalue weighted by molar-refractivity contribution is 0.412. The first-order valence-electron chi connectivity index (χ1n) is 5.65. The van der Waals surface area contributed by atoms with Crippen LogP contribution >= 0.6 is 27.5 Å². The molecule has 0 bridgehead atoms. The van der Waals surface area contributed by atoms with E-state index in [4.69, 9.17) is 16.3 Å². The number of rotatable bonds is 3. The van der Waals surface area contributed by atoms with E-state index in [9.17, 15) is 0 Å². The van der Waals surface area contributed by atoms with Crippen molar-refractivity contribution < 1.29 is 4.74 Å². The standard InChI is InChI=1S/C12H11BrClN3O/c1-18-10-5-4-8(6-9(10)13)17-11(7-2-3-7)15-16-12(17)14/h4-7H,2-3H2,1H3. The van der Waals surface area contributed by atoms with E-state index in [-0.39, 0.29) is 0 Å². The van der Waals surface area contributed by atoms with E-state index in [2.05, 4.69) is 26.1 Å². The molecule has 2 aromatic rings. The Balaban J connectivity index is 2.09. The average molecular weight is 329 g/mol. The van der Waals surface area contributed by atoms with Gasteiger partial charge in [-0.2, -0.15) is 0 Å². The van der Waals surface area contributed by atoms with Gasteiger partial charge in [0.15, 0.2) is 0 Å². The van der Waals surface area contributed by atoms with Crippen molar-refractivity contribution in [2.45, 2.75) is 18.8 Å². The molecule has 0 aliphatic heterocycles. The maximum atomic E-state index is 6.12. The Morgan fingerprint density at radius 3 is 2.78 bits per heavy atom. The normalized spacial score (nSPS) is 14.8. The van der Waals surface area contributed by atoms with Crippen LogP contribution in [-0.2, 0) is 0 Å². The first-order valence-corrected chi connectivity index (χ1v) is 6.82. The number of benzene rings is 1. The summed E-state index contributed by atoms with van der Waals surface area (Å²) in [5.41, 5.74) is 0.944. The molecule has 0 spiro atoms. The minimum atomic E-state index is 0.397. The van der Waals surface area contributed by atoms with Crippen molar-refractivity contribution in [3.63, 3.8) is 0 Å². The van der Waals surface area contributed by atoms with Crippen LogP contribution in [0.3, 0.4) is 0 Å². The molecule has 1 fully saturated rings. The van der Waals surface area contributed by atoms with E-state index in [1.807, 2.05) is 22.8 Å². The van der Waals surface area contributed by atoms with Crippen molar-refractivity contribution in [2.75, 3.05) is 7.11 Å². The Bertz CT molecular complexity index is 595. The number of aromatic nitrogens is 3. The fraction of sp³-hybridized carbons (Fsp3) is 0.333. The van der Waals surface area contributed by atoms with E-state index in [0.717, 1.165) is 34.6 Å². The van der Waals surface area contributed by atoms with Crippen LogP contribution in [-0.4, -0.2) is 21.9 Å². The van der Waals surface area contributed by atoms with Crippen LogP contribution in [0, 0.1) is 0 Å². The molecule has 1 aromatic carbocycles. The van der Waals surface area contributed by atoms with Gasteiger partial charge in [-0.1, -0.05) is 0 Å². The number of hydrogen-bond donors (Lipinski definition) is 0. The summed E-state index contributed by atoms with van der Waals surface area (Å²) < 4.78 is 7.99. The highest BCUT2D eigenvalue weighted by atomic mass is 79.9. The van der Waals surface area contributed by atoms with Crippen LogP contribution in [0.15, 0.2) is 22.7 Å². The van der Waals surface area contributed by atoms with Gasteiger partial charge in [-0.25, -0.2) is 0 Å². The smallest absolute Gasteiger partial charge is 0.229 e. The highest BCUT2D eigenvalue weighted by molar-refractivity contribution is 9.10. The molecular weight excluding hydrogens is 318 g/mol. The zero-order valence-corrected chi connectivity index (χ0v) is 12.1. The highest BCUT2D eigenvalue weighted by Gasteiger charge is 2.30. The summed E-state index contributed by atoms with van der Waals surface area (Å²) in [6, 6.07) is 5.80. The van der Waals surface area contributed by atoms with E-state index in [0.29, 0.717) is 11.2 Å². The van der Waals surface area contributed by atoms with E-state index in [1.165, 1.54) is 0 Å². The zero-order chi connectivity index (χ0) is 12.7. The second-order valence-corrected chi connectivity index (χ2v) is 5.45. The lowest BCUT2D eigenvalue weighted by atomic mass is 10.3. The Morgan fingerprint density at radius 2 is 2.17 bits per heavy atom. The zero-order valence-electron chi connectivity index (χ0n) is 9.73. The SMILES string of the molecule is COc1ccc(-n2c(Cl)nnc2C2CC2)cc1Br. The lowest BCUT2D eigenvalue weighted by Crippen LogP contribution is -2.00. The molecule has 1 heterocycles. The van der Waals surface area contributed by atoms with Gasteiger partial charge in [-0.15, -0.1) is 10.2 Å². The highest BCUT2D eigenvalue weighted by Crippen LogP contribution is 2.41. The molecule has 6 heteroatoms. The third-order valence-electron chi connectivity index (χ3n) is 2.98. The molecule has 1 aliphatic rings. The summed E-state index contributed by atoms with van der Waals surface area (Å²) in [5, 5.41) is 8.52. The van der Waals surface area contributed by atoms with Crippen LogP contribution in [0.25, 0.3) is 5.69 Å². The molecule has 0 radical (unpaired) electrons. The summed E-state index contributed by atoms with van der Waals surface area (Å²) in [5.74, 6) is 2.22. The Kier molecular flexibility index (Phi) is 3.03. The van der Waals surface area contributed by atoms with Crippen molar-refractivity contribution in [3.05, 3.63) is 33.8 Å². The molecule has 0 N–H and O–H groups in total. The molecule has 0 saturated heterocycles. The Labute approximate surface area is 118 Å².